The molecule has 2 bridgehead atoms. The van der Waals surface area contributed by atoms with Gasteiger partial charge in [0.15, 0.2) is 0 Å². The van der Waals surface area contributed by atoms with E-state index in [1.165, 1.54) is 12.1 Å². The van der Waals surface area contributed by atoms with Crippen LogP contribution in [-0.2, 0) is 20.9 Å². The van der Waals surface area contributed by atoms with Crippen LogP contribution in [0, 0.1) is 11.7 Å². The monoisotopic (exact) mass is 455 g/mol. The van der Waals surface area contributed by atoms with Crippen LogP contribution in [0.3, 0.4) is 0 Å². The lowest BCUT2D eigenvalue weighted by Crippen LogP contribution is -2.53. The zero-order chi connectivity index (χ0) is 23.2. The topological polar surface area (TPSA) is 60.9 Å². The van der Waals surface area contributed by atoms with E-state index in [0.29, 0.717) is 31.5 Å². The fourth-order valence-electron chi connectivity index (χ4n) is 5.18. The van der Waals surface area contributed by atoms with E-state index < -0.39 is 35.9 Å². The lowest BCUT2D eigenvalue weighted by atomic mass is 10.1. The van der Waals surface area contributed by atoms with Crippen molar-refractivity contribution in [3.05, 3.63) is 35.6 Å². The summed E-state index contributed by atoms with van der Waals surface area (Å²) in [5.74, 6) is -3.45. The molecule has 3 aliphatic rings. The van der Waals surface area contributed by atoms with E-state index in [9.17, 15) is 31.9 Å². The molecule has 3 heterocycles. The number of nitrogens with zero attached hydrogens (tertiary/aromatic N) is 3. The number of ketones is 1. The zero-order valence-corrected chi connectivity index (χ0v) is 17.6. The van der Waals surface area contributed by atoms with Crippen molar-refractivity contribution in [2.75, 3.05) is 19.6 Å². The van der Waals surface area contributed by atoms with Crippen LogP contribution < -0.4 is 0 Å². The van der Waals surface area contributed by atoms with Gasteiger partial charge in [-0.3, -0.25) is 19.3 Å². The number of benzene rings is 1. The Hall–Kier alpha value is -2.49. The van der Waals surface area contributed by atoms with E-state index in [1.54, 1.807) is 24.0 Å². The van der Waals surface area contributed by atoms with Gasteiger partial charge in [-0.05, 0) is 37.0 Å². The molecule has 32 heavy (non-hydrogen) atoms. The lowest BCUT2D eigenvalue weighted by Gasteiger charge is -2.36. The summed E-state index contributed by atoms with van der Waals surface area (Å²) in [6.45, 7) is 2.85. The van der Waals surface area contributed by atoms with Crippen molar-refractivity contribution in [1.29, 1.82) is 0 Å². The molecule has 3 aliphatic heterocycles. The van der Waals surface area contributed by atoms with Gasteiger partial charge in [-0.2, -0.15) is 13.2 Å². The van der Waals surface area contributed by atoms with Crippen LogP contribution in [0.25, 0.3) is 0 Å². The highest BCUT2D eigenvalue weighted by Gasteiger charge is 2.51. The van der Waals surface area contributed by atoms with Crippen LogP contribution in [0.15, 0.2) is 24.3 Å². The number of piperazine rings is 1. The van der Waals surface area contributed by atoms with Crippen LogP contribution in [-0.4, -0.2) is 76.2 Å². The third-order valence-electron chi connectivity index (χ3n) is 6.68. The van der Waals surface area contributed by atoms with Gasteiger partial charge in [0.05, 0.1) is 12.1 Å². The molecular formula is C22H25F4N3O3. The Kier molecular flexibility index (Phi) is 6.00. The van der Waals surface area contributed by atoms with Crippen molar-refractivity contribution in [3.63, 3.8) is 0 Å². The summed E-state index contributed by atoms with van der Waals surface area (Å²) in [6, 6.07) is 4.19. The molecule has 2 amide bonds. The molecule has 0 spiro atoms. The maximum absolute atomic E-state index is 13.4. The Bertz CT molecular complexity index is 922. The first-order valence-corrected chi connectivity index (χ1v) is 10.8. The minimum Gasteiger partial charge on any atom is -0.333 e. The van der Waals surface area contributed by atoms with E-state index in [1.807, 2.05) is 4.90 Å². The van der Waals surface area contributed by atoms with Crippen molar-refractivity contribution < 1.29 is 31.9 Å². The first-order valence-electron chi connectivity index (χ1n) is 10.8. The first-order chi connectivity index (χ1) is 15.1. The Balaban J connectivity index is 1.36. The summed E-state index contributed by atoms with van der Waals surface area (Å²) in [5, 5.41) is 0. The molecule has 174 valence electrons. The van der Waals surface area contributed by atoms with Crippen LogP contribution in [0.1, 0.15) is 31.7 Å². The van der Waals surface area contributed by atoms with E-state index in [4.69, 9.17) is 0 Å². The van der Waals surface area contributed by atoms with Gasteiger partial charge < -0.3 is 9.80 Å². The SMILES string of the molecule is C[C@@H](CN1C[C@@H]2CC1C(=O)N2Cc1cccc(F)c1)C(=O)N1CCCC1C(=O)C(F)(F)F. The smallest absolute Gasteiger partial charge is 0.333 e. The first kappa shape index (κ1) is 22.7. The van der Waals surface area contributed by atoms with Crippen LogP contribution in [0.2, 0.25) is 0 Å². The highest BCUT2D eigenvalue weighted by Crippen LogP contribution is 2.34. The quantitative estimate of drug-likeness (QED) is 0.618. The lowest BCUT2D eigenvalue weighted by molar-refractivity contribution is -0.177. The average Bonchev–Trinajstić information content (AvgIpc) is 3.43. The molecule has 2 unspecified atom stereocenters. The van der Waals surface area contributed by atoms with Crippen molar-refractivity contribution >= 4 is 17.6 Å². The number of hydrogen-bond acceptors (Lipinski definition) is 4. The molecule has 6 nitrogen and oxygen atoms in total. The van der Waals surface area contributed by atoms with Gasteiger partial charge in [-0.15, -0.1) is 0 Å². The van der Waals surface area contributed by atoms with E-state index in [-0.39, 0.29) is 37.3 Å². The number of alkyl halides is 3. The summed E-state index contributed by atoms with van der Waals surface area (Å²) in [7, 11) is 0. The second-order valence-electron chi connectivity index (χ2n) is 8.91. The number of carbonyl (C=O) groups is 3. The number of Topliss-reactive ketones (excluding diaryl/α,β-unsaturated/α-hetero) is 1. The molecule has 1 aromatic rings. The zero-order valence-electron chi connectivity index (χ0n) is 17.6. The molecule has 0 saturated carbocycles. The Labute approximate surface area is 183 Å². The standard InChI is InChI=1S/C22H25F4N3O3/c1-13(20(31)28-7-3-6-17(28)19(30)22(24,25)26)10-27-12-16-9-18(27)21(32)29(16)11-14-4-2-5-15(23)8-14/h2,4-5,8,13,16-18H,3,6-7,9-12H2,1H3/t13-,16-,17?,18?/m0/s1. The van der Waals surface area contributed by atoms with Crippen LogP contribution in [0.4, 0.5) is 17.6 Å². The molecular weight excluding hydrogens is 430 g/mol. The summed E-state index contributed by atoms with van der Waals surface area (Å²) in [5.41, 5.74) is 0.704. The van der Waals surface area contributed by atoms with Crippen molar-refractivity contribution in [2.45, 2.75) is 57.0 Å². The molecule has 1 aromatic carbocycles. The number of hydrogen-bond donors (Lipinski definition) is 0. The minimum atomic E-state index is -4.97. The molecule has 0 radical (unpaired) electrons. The largest absolute Gasteiger partial charge is 0.452 e. The highest BCUT2D eigenvalue weighted by molar-refractivity contribution is 5.93. The maximum Gasteiger partial charge on any atom is 0.452 e. The third-order valence-corrected chi connectivity index (χ3v) is 6.68. The van der Waals surface area contributed by atoms with Crippen LogP contribution >= 0.6 is 0 Å². The molecule has 0 N–H and O–H groups in total. The molecule has 3 fully saturated rings. The molecule has 4 rings (SSSR count). The van der Waals surface area contributed by atoms with Gasteiger partial charge in [0.2, 0.25) is 11.8 Å². The predicted molar refractivity (Wildman–Crippen MR) is 106 cm³/mol. The van der Waals surface area contributed by atoms with Crippen molar-refractivity contribution in [1.82, 2.24) is 14.7 Å². The molecule has 10 heteroatoms. The minimum absolute atomic E-state index is 0.0126. The second-order valence-corrected chi connectivity index (χ2v) is 8.91. The van der Waals surface area contributed by atoms with Gasteiger partial charge in [0, 0.05) is 38.1 Å². The summed E-state index contributed by atoms with van der Waals surface area (Å²) >= 11 is 0. The fourth-order valence-corrected chi connectivity index (χ4v) is 5.18. The third kappa shape index (κ3) is 4.24. The van der Waals surface area contributed by atoms with Gasteiger partial charge >= 0.3 is 6.18 Å². The Morgan fingerprint density at radius 3 is 2.66 bits per heavy atom. The van der Waals surface area contributed by atoms with Crippen LogP contribution in [0.5, 0.6) is 0 Å². The summed E-state index contributed by atoms with van der Waals surface area (Å²) in [4.78, 5) is 42.1. The van der Waals surface area contributed by atoms with Gasteiger partial charge in [-0.25, -0.2) is 4.39 Å². The normalized spacial score (nSPS) is 26.8. The number of likely N-dealkylation sites (tertiary alicyclic amines) is 3. The van der Waals surface area contributed by atoms with E-state index in [2.05, 4.69) is 0 Å². The predicted octanol–water partition coefficient (Wildman–Crippen LogP) is 2.37. The number of rotatable bonds is 6. The van der Waals surface area contributed by atoms with Crippen molar-refractivity contribution in [2.24, 2.45) is 5.92 Å². The number of fused-ring (bicyclic) bond motifs is 2. The summed E-state index contributed by atoms with van der Waals surface area (Å²) < 4.78 is 52.1. The van der Waals surface area contributed by atoms with Gasteiger partial charge in [0.1, 0.15) is 5.82 Å². The number of halogens is 4. The Morgan fingerprint density at radius 2 is 2.00 bits per heavy atom. The second kappa shape index (κ2) is 8.46. The number of carbonyl (C=O) groups excluding carboxylic acids is 3. The molecule has 3 saturated heterocycles. The van der Waals surface area contributed by atoms with Crippen molar-refractivity contribution in [3.8, 4) is 0 Å². The average molecular weight is 455 g/mol. The number of amides is 2. The molecule has 4 atom stereocenters. The van der Waals surface area contributed by atoms with Gasteiger partial charge in [-0.1, -0.05) is 19.1 Å². The molecule has 0 aromatic heterocycles. The maximum atomic E-state index is 13.4. The Morgan fingerprint density at radius 1 is 1.25 bits per heavy atom. The summed E-state index contributed by atoms with van der Waals surface area (Å²) in [6.07, 6.45) is -4.00. The van der Waals surface area contributed by atoms with E-state index >= 15 is 0 Å². The fraction of sp³-hybridized carbons (Fsp3) is 0.591. The van der Waals surface area contributed by atoms with E-state index in [0.717, 1.165) is 4.90 Å². The van der Waals surface area contributed by atoms with Gasteiger partial charge in [0.25, 0.3) is 5.78 Å². The molecule has 0 aliphatic carbocycles. The highest BCUT2D eigenvalue weighted by atomic mass is 19.4.